The van der Waals surface area contributed by atoms with Crippen molar-refractivity contribution in [3.8, 4) is 35.5 Å². The highest BCUT2D eigenvalue weighted by Crippen LogP contribution is 2.74. The summed E-state index contributed by atoms with van der Waals surface area (Å²) in [5.74, 6) is 25.1. The lowest BCUT2D eigenvalue weighted by atomic mass is 9.32. The zero-order valence-electron chi connectivity index (χ0n) is 43.3. The van der Waals surface area contributed by atoms with Crippen molar-refractivity contribution < 1.29 is 9.53 Å². The molecule has 2 unspecified atom stereocenters. The maximum absolute atomic E-state index is 12.1. The van der Waals surface area contributed by atoms with Crippen molar-refractivity contribution >= 4 is 83.1 Å². The van der Waals surface area contributed by atoms with E-state index in [4.69, 9.17) is 4.74 Å². The third-order valence-corrected chi connectivity index (χ3v) is 22.2. The van der Waals surface area contributed by atoms with Gasteiger partial charge in [0.25, 0.3) is 0 Å². The summed E-state index contributed by atoms with van der Waals surface area (Å²) in [6.45, 7) is 4.33. The minimum absolute atomic E-state index is 0.0563. The van der Waals surface area contributed by atoms with Gasteiger partial charge >= 0.3 is 5.97 Å². The van der Waals surface area contributed by atoms with Gasteiger partial charge in [-0.05, 0) is 226 Å². The Kier molecular flexibility index (Phi) is 15.3. The van der Waals surface area contributed by atoms with Crippen molar-refractivity contribution in [3.63, 3.8) is 0 Å². The standard InChI is InChI=1S/C68H59IN2O2S4/c1-73-64(72)56-20-8-50(9-21-56)2-3-51-10-22-57(23-11-51)65-44-66(58-24-12-52(13-25-58)4-6-54-16-32-62(33-17-54)70-36-40-74-75-41-37-70)46-67(45-65,49-68(47-65,48-66)60-28-30-61(69)31-29-60)59-26-14-53(15-27-59)5-7-55-18-34-63(35-19-55)71-38-42-76-77-43-39-71/h8-35H,36-49H2,1H3/t65?,66-,67+,68?. The number of carbonyl (C=O) groups excluding carboxylic acids is 1. The summed E-state index contributed by atoms with van der Waals surface area (Å²) in [4.78, 5) is 17.1. The van der Waals surface area contributed by atoms with Gasteiger partial charge in [-0.25, -0.2) is 4.79 Å². The Morgan fingerprint density at radius 1 is 0.390 bits per heavy atom. The van der Waals surface area contributed by atoms with E-state index in [1.54, 1.807) is 12.1 Å². The first-order chi connectivity index (χ1) is 37.7. The third-order valence-electron chi connectivity index (χ3n) is 16.8. The predicted molar refractivity (Wildman–Crippen MR) is 336 cm³/mol. The lowest BCUT2D eigenvalue weighted by Crippen LogP contribution is -2.67. The number of ether oxygens (including phenoxy) is 1. The van der Waals surface area contributed by atoms with Gasteiger partial charge in [0.15, 0.2) is 0 Å². The molecule has 4 bridgehead atoms. The van der Waals surface area contributed by atoms with Crippen LogP contribution < -0.4 is 9.80 Å². The summed E-state index contributed by atoms with van der Waals surface area (Å²) in [7, 11) is 9.31. The zero-order chi connectivity index (χ0) is 52.3. The Hall–Kier alpha value is -5.58. The second-order valence-corrected chi connectivity index (χ2v) is 28.2. The molecule has 77 heavy (non-hydrogen) atoms. The summed E-state index contributed by atoms with van der Waals surface area (Å²) in [5.41, 5.74) is 14.4. The van der Waals surface area contributed by atoms with Crippen LogP contribution in [0.5, 0.6) is 0 Å². The lowest BCUT2D eigenvalue weighted by Gasteiger charge is -2.71. The number of halogens is 1. The van der Waals surface area contributed by atoms with Gasteiger partial charge in [0.1, 0.15) is 0 Å². The highest BCUT2D eigenvalue weighted by molar-refractivity contribution is 14.1. The summed E-state index contributed by atoms with van der Waals surface area (Å²) in [6, 6.07) is 62.5. The number of anilines is 2. The first kappa shape index (κ1) is 52.1. The molecule has 6 aliphatic rings. The largest absolute Gasteiger partial charge is 0.465 e. The Balaban J connectivity index is 0.892. The van der Waals surface area contributed by atoms with E-state index >= 15 is 0 Å². The normalized spacial score (nSPS) is 23.5. The molecule has 6 fully saturated rings. The van der Waals surface area contributed by atoms with E-state index in [0.717, 1.165) is 121 Å². The van der Waals surface area contributed by atoms with E-state index < -0.39 is 0 Å². The number of methoxy groups -OCH3 is 1. The monoisotopic (exact) mass is 1190 g/mol. The van der Waals surface area contributed by atoms with Gasteiger partial charge in [0.05, 0.1) is 12.7 Å². The number of nitrogens with zero attached hydrogens (tertiary/aromatic N) is 2. The molecule has 7 aromatic rings. The number of rotatable bonds is 7. The second-order valence-electron chi connectivity index (χ2n) is 21.6. The quantitative estimate of drug-likeness (QED) is 0.0676. The van der Waals surface area contributed by atoms with Gasteiger partial charge in [0.2, 0.25) is 0 Å². The van der Waals surface area contributed by atoms with Gasteiger partial charge in [-0.2, -0.15) is 0 Å². The molecule has 7 aromatic carbocycles. The summed E-state index contributed by atoms with van der Waals surface area (Å²) < 4.78 is 6.17. The first-order valence-electron chi connectivity index (χ1n) is 26.7. The Morgan fingerprint density at radius 3 is 0.909 bits per heavy atom. The second kappa shape index (κ2) is 22.6. The van der Waals surface area contributed by atoms with Gasteiger partial charge in [-0.15, -0.1) is 0 Å². The fourth-order valence-corrected chi connectivity index (χ4v) is 18.0. The van der Waals surface area contributed by atoms with Gasteiger partial charge < -0.3 is 14.5 Å². The first-order valence-corrected chi connectivity index (χ1v) is 32.8. The van der Waals surface area contributed by atoms with Crippen LogP contribution in [0, 0.1) is 39.1 Å². The molecular formula is C68H59IN2O2S4. The fraction of sp³-hybridized carbons (Fsp3) is 0.279. The van der Waals surface area contributed by atoms with E-state index in [1.807, 2.05) is 55.3 Å². The average Bonchev–Trinajstić information content (AvgIpc) is 4.06. The number of esters is 1. The minimum Gasteiger partial charge on any atom is -0.465 e. The van der Waals surface area contributed by atoms with Gasteiger partial charge in [-0.3, -0.25) is 0 Å². The van der Waals surface area contributed by atoms with E-state index in [0.29, 0.717) is 5.56 Å². The molecule has 9 heteroatoms. The number of hydrogen-bond acceptors (Lipinski definition) is 8. The van der Waals surface area contributed by atoms with Gasteiger partial charge in [-0.1, -0.05) is 127 Å². The number of benzene rings is 7. The smallest absolute Gasteiger partial charge is 0.337 e. The van der Waals surface area contributed by atoms with E-state index in [1.165, 1.54) is 44.3 Å². The third kappa shape index (κ3) is 11.2. The Morgan fingerprint density at radius 2 is 0.636 bits per heavy atom. The van der Waals surface area contributed by atoms with Crippen molar-refractivity contribution in [3.05, 3.63) is 235 Å². The molecule has 4 saturated carbocycles. The molecule has 0 spiro atoms. The molecule has 13 rings (SSSR count). The number of carbonyl (C=O) groups is 1. The highest BCUT2D eigenvalue weighted by Gasteiger charge is 2.69. The van der Waals surface area contributed by atoms with Crippen molar-refractivity contribution in [1.29, 1.82) is 0 Å². The maximum atomic E-state index is 12.1. The van der Waals surface area contributed by atoms with Crippen LogP contribution in [0.15, 0.2) is 170 Å². The molecule has 2 aliphatic heterocycles. The summed E-state index contributed by atoms with van der Waals surface area (Å²) in [6.07, 6.45) is 6.55. The van der Waals surface area contributed by atoms with Crippen LogP contribution in [0.2, 0.25) is 0 Å². The van der Waals surface area contributed by atoms with E-state index in [9.17, 15) is 4.79 Å². The van der Waals surface area contributed by atoms with Crippen LogP contribution in [0.3, 0.4) is 0 Å². The van der Waals surface area contributed by atoms with Crippen molar-refractivity contribution in [2.45, 2.75) is 60.2 Å². The van der Waals surface area contributed by atoms with Gasteiger partial charge in [0, 0.05) is 97.5 Å². The van der Waals surface area contributed by atoms with Crippen LogP contribution in [0.4, 0.5) is 11.4 Å². The maximum Gasteiger partial charge on any atom is 0.337 e. The molecule has 4 aliphatic carbocycles. The minimum atomic E-state index is -0.348. The SMILES string of the molecule is COC(=O)c1ccc(C#Cc2ccc(C34CC5(c6ccc(I)cc6)C[C@](c6ccc(C#Cc7ccc(N8CCSSCC8)cc7)cc6)(C3)C[C@@](c3ccc(C#Cc6ccc(N7CCSSCC7)cc6)cc3)(C5)C4)cc2)cc1. The molecule has 2 saturated heterocycles. The number of hydrogen-bond donors (Lipinski definition) is 0. The van der Waals surface area contributed by atoms with Crippen molar-refractivity contribution in [2.75, 3.05) is 66.1 Å². The Bertz CT molecular complexity index is 3300. The van der Waals surface area contributed by atoms with Crippen LogP contribution in [0.25, 0.3) is 0 Å². The summed E-state index contributed by atoms with van der Waals surface area (Å²) >= 11 is 2.46. The van der Waals surface area contributed by atoms with Crippen LogP contribution >= 0.6 is 65.8 Å². The lowest BCUT2D eigenvalue weighted by molar-refractivity contribution is -0.0691. The summed E-state index contributed by atoms with van der Waals surface area (Å²) in [5, 5.41) is 0. The van der Waals surface area contributed by atoms with Crippen molar-refractivity contribution in [1.82, 2.24) is 0 Å². The molecule has 0 N–H and O–H groups in total. The molecule has 4 atom stereocenters. The van der Waals surface area contributed by atoms with E-state index in [-0.39, 0.29) is 27.6 Å². The topological polar surface area (TPSA) is 32.8 Å². The van der Waals surface area contributed by atoms with Crippen LogP contribution in [-0.4, -0.2) is 62.3 Å². The molecule has 0 radical (unpaired) electrons. The van der Waals surface area contributed by atoms with Crippen LogP contribution in [-0.2, 0) is 26.4 Å². The Labute approximate surface area is 485 Å². The predicted octanol–water partition coefficient (Wildman–Crippen LogP) is 15.1. The molecule has 4 nitrogen and oxygen atoms in total. The van der Waals surface area contributed by atoms with Crippen molar-refractivity contribution in [2.24, 2.45) is 0 Å². The average molecular weight is 1190 g/mol. The fourth-order valence-electron chi connectivity index (χ4n) is 13.7. The zero-order valence-corrected chi connectivity index (χ0v) is 48.7. The van der Waals surface area contributed by atoms with E-state index in [2.05, 4.69) is 214 Å². The van der Waals surface area contributed by atoms with Crippen LogP contribution in [0.1, 0.15) is 105 Å². The molecular weight excluding hydrogens is 1130 g/mol. The highest BCUT2D eigenvalue weighted by atomic mass is 127. The molecule has 0 amide bonds. The molecule has 2 heterocycles. The molecule has 0 aromatic heterocycles. The molecule has 384 valence electrons.